The highest BCUT2D eigenvalue weighted by Crippen LogP contribution is 2.37. The van der Waals surface area contributed by atoms with Crippen molar-refractivity contribution in [3.05, 3.63) is 0 Å². The lowest BCUT2D eigenvalue weighted by Crippen LogP contribution is -2.40. The molecule has 7 heteroatoms. The second-order valence-electron chi connectivity index (χ2n) is 7.31. The van der Waals surface area contributed by atoms with Crippen molar-refractivity contribution in [2.45, 2.75) is 64.2 Å². The minimum Gasteiger partial charge on any atom is -0.444 e. The smallest absolute Gasteiger partial charge is 0.407 e. The highest BCUT2D eigenvalue weighted by Gasteiger charge is 2.29. The quantitative estimate of drug-likeness (QED) is 0.371. The molecule has 1 rings (SSSR count). The molecule has 1 fully saturated rings. The molecule has 1 atom stereocenters. The van der Waals surface area contributed by atoms with Crippen LogP contribution in [0.3, 0.4) is 0 Å². The molecule has 1 aliphatic rings. The lowest BCUT2D eigenvalue weighted by Gasteiger charge is -2.21. The average molecular weight is 359 g/mol. The first-order valence-electron chi connectivity index (χ1n) is 8.87. The molecule has 140 valence electrons. The molecule has 0 aromatic heterocycles. The van der Waals surface area contributed by atoms with E-state index in [9.17, 15) is 4.79 Å². The van der Waals surface area contributed by atoms with Crippen molar-refractivity contribution in [2.75, 3.05) is 31.9 Å². The Labute approximate surface area is 151 Å². The SMILES string of the molecule is CCNC(=NCC1(C)CCCS1)NCCCNC(=O)OC(C)(C)C. The van der Waals surface area contributed by atoms with E-state index in [1.54, 1.807) is 0 Å². The van der Waals surface area contributed by atoms with Crippen molar-refractivity contribution in [1.29, 1.82) is 0 Å². The largest absolute Gasteiger partial charge is 0.444 e. The summed E-state index contributed by atoms with van der Waals surface area (Å²) in [7, 11) is 0. The van der Waals surface area contributed by atoms with Gasteiger partial charge in [0.2, 0.25) is 0 Å². The van der Waals surface area contributed by atoms with E-state index in [1.807, 2.05) is 32.5 Å². The maximum atomic E-state index is 11.6. The number of nitrogens with one attached hydrogen (secondary N) is 3. The summed E-state index contributed by atoms with van der Waals surface area (Å²) in [5, 5.41) is 9.36. The summed E-state index contributed by atoms with van der Waals surface area (Å²) in [5.41, 5.74) is -0.457. The molecule has 0 spiro atoms. The number of alkyl carbamates (subject to hydrolysis) is 1. The summed E-state index contributed by atoms with van der Waals surface area (Å²) >= 11 is 2.02. The van der Waals surface area contributed by atoms with Gasteiger partial charge in [-0.2, -0.15) is 11.8 Å². The molecular weight excluding hydrogens is 324 g/mol. The van der Waals surface area contributed by atoms with Gasteiger partial charge in [0, 0.05) is 24.4 Å². The van der Waals surface area contributed by atoms with E-state index in [2.05, 4.69) is 29.8 Å². The number of rotatable bonds is 7. The number of hydrogen-bond donors (Lipinski definition) is 3. The van der Waals surface area contributed by atoms with Crippen LogP contribution in [0.25, 0.3) is 0 Å². The van der Waals surface area contributed by atoms with Crippen LogP contribution < -0.4 is 16.0 Å². The normalized spacial score (nSPS) is 21.5. The van der Waals surface area contributed by atoms with Crippen molar-refractivity contribution in [2.24, 2.45) is 4.99 Å². The third kappa shape index (κ3) is 9.25. The molecule has 0 saturated carbocycles. The fourth-order valence-corrected chi connectivity index (χ4v) is 3.58. The van der Waals surface area contributed by atoms with Crippen LogP contribution in [-0.4, -0.2) is 54.3 Å². The summed E-state index contributed by atoms with van der Waals surface area (Å²) in [6.07, 6.45) is 2.97. The Bertz CT molecular complexity index is 415. The van der Waals surface area contributed by atoms with Gasteiger partial charge in [-0.25, -0.2) is 4.79 Å². The number of thioether (sulfide) groups is 1. The van der Waals surface area contributed by atoms with Crippen LogP contribution in [0.15, 0.2) is 4.99 Å². The Balaban J connectivity index is 2.25. The van der Waals surface area contributed by atoms with E-state index in [-0.39, 0.29) is 10.8 Å². The third-order valence-electron chi connectivity index (χ3n) is 3.53. The van der Waals surface area contributed by atoms with Crippen molar-refractivity contribution in [3.8, 4) is 0 Å². The zero-order chi connectivity index (χ0) is 18.1. The maximum Gasteiger partial charge on any atom is 0.407 e. The van der Waals surface area contributed by atoms with E-state index in [0.29, 0.717) is 6.54 Å². The average Bonchev–Trinajstić information content (AvgIpc) is 2.89. The molecule has 1 saturated heterocycles. The van der Waals surface area contributed by atoms with E-state index in [4.69, 9.17) is 9.73 Å². The van der Waals surface area contributed by atoms with Crippen molar-refractivity contribution < 1.29 is 9.53 Å². The van der Waals surface area contributed by atoms with Crippen molar-refractivity contribution in [3.63, 3.8) is 0 Å². The molecule has 6 nitrogen and oxygen atoms in total. The molecule has 0 bridgehead atoms. The molecule has 1 aliphatic heterocycles. The minimum atomic E-state index is -0.457. The van der Waals surface area contributed by atoms with E-state index in [1.165, 1.54) is 18.6 Å². The number of guanidine groups is 1. The second-order valence-corrected chi connectivity index (χ2v) is 8.99. The number of amides is 1. The van der Waals surface area contributed by atoms with Crippen LogP contribution in [0.4, 0.5) is 4.79 Å². The van der Waals surface area contributed by atoms with Crippen molar-refractivity contribution >= 4 is 23.8 Å². The molecule has 0 aromatic carbocycles. The van der Waals surface area contributed by atoms with Gasteiger partial charge in [-0.15, -0.1) is 0 Å². The summed E-state index contributed by atoms with van der Waals surface area (Å²) in [6.45, 7) is 12.9. The monoisotopic (exact) mass is 358 g/mol. The number of carbonyl (C=O) groups is 1. The first-order chi connectivity index (χ1) is 11.2. The van der Waals surface area contributed by atoms with Gasteiger partial charge < -0.3 is 20.7 Å². The third-order valence-corrected chi connectivity index (χ3v) is 5.05. The summed E-state index contributed by atoms with van der Waals surface area (Å²) in [6, 6.07) is 0. The van der Waals surface area contributed by atoms with Gasteiger partial charge in [-0.05, 0) is 59.6 Å². The van der Waals surface area contributed by atoms with Crippen LogP contribution >= 0.6 is 11.8 Å². The topological polar surface area (TPSA) is 74.8 Å². The van der Waals surface area contributed by atoms with Crippen LogP contribution in [0.1, 0.15) is 53.9 Å². The molecule has 0 radical (unpaired) electrons. The number of ether oxygens (including phenoxy) is 1. The molecule has 3 N–H and O–H groups in total. The Hall–Kier alpha value is -1.11. The van der Waals surface area contributed by atoms with E-state index < -0.39 is 5.60 Å². The van der Waals surface area contributed by atoms with Gasteiger partial charge in [0.05, 0.1) is 6.54 Å². The zero-order valence-electron chi connectivity index (χ0n) is 15.8. The molecular formula is C17H34N4O2S. The summed E-state index contributed by atoms with van der Waals surface area (Å²) in [5.74, 6) is 2.09. The predicted octanol–water partition coefficient (Wildman–Crippen LogP) is 2.74. The number of aliphatic imine (C=N–C) groups is 1. The van der Waals surface area contributed by atoms with Gasteiger partial charge in [0.1, 0.15) is 5.60 Å². The molecule has 0 aromatic rings. The standard InChI is InChI=1S/C17H34N4O2S/c1-6-18-14(21-13-17(5)9-7-12-24-17)19-10-8-11-20-15(22)23-16(2,3)4/h6-13H2,1-5H3,(H,20,22)(H2,18,19,21). The minimum absolute atomic E-state index is 0.278. The van der Waals surface area contributed by atoms with Crippen molar-refractivity contribution in [1.82, 2.24) is 16.0 Å². The Morgan fingerprint density at radius 3 is 2.54 bits per heavy atom. The van der Waals surface area contributed by atoms with Crippen LogP contribution in [0.2, 0.25) is 0 Å². The van der Waals surface area contributed by atoms with Gasteiger partial charge >= 0.3 is 6.09 Å². The Kier molecular flexibility index (Phi) is 8.73. The first kappa shape index (κ1) is 20.9. The maximum absolute atomic E-state index is 11.6. The van der Waals surface area contributed by atoms with Crippen LogP contribution in [0, 0.1) is 0 Å². The molecule has 24 heavy (non-hydrogen) atoms. The van der Waals surface area contributed by atoms with E-state index in [0.717, 1.165) is 32.0 Å². The summed E-state index contributed by atoms with van der Waals surface area (Å²) in [4.78, 5) is 16.3. The molecule has 1 unspecified atom stereocenters. The first-order valence-corrected chi connectivity index (χ1v) is 9.86. The number of nitrogens with zero attached hydrogens (tertiary/aromatic N) is 1. The fourth-order valence-electron chi connectivity index (χ4n) is 2.35. The van der Waals surface area contributed by atoms with Gasteiger partial charge in [0.15, 0.2) is 5.96 Å². The molecule has 0 aliphatic carbocycles. The fraction of sp³-hybridized carbons (Fsp3) is 0.882. The van der Waals surface area contributed by atoms with Gasteiger partial charge in [-0.3, -0.25) is 4.99 Å². The highest BCUT2D eigenvalue weighted by atomic mass is 32.2. The molecule has 1 amide bonds. The lowest BCUT2D eigenvalue weighted by atomic mass is 10.1. The predicted molar refractivity (Wildman–Crippen MR) is 103 cm³/mol. The lowest BCUT2D eigenvalue weighted by molar-refractivity contribution is 0.0527. The second kappa shape index (κ2) is 10.0. The van der Waals surface area contributed by atoms with Crippen LogP contribution in [-0.2, 0) is 4.74 Å². The Morgan fingerprint density at radius 2 is 1.96 bits per heavy atom. The van der Waals surface area contributed by atoms with Gasteiger partial charge in [-0.1, -0.05) is 0 Å². The van der Waals surface area contributed by atoms with E-state index >= 15 is 0 Å². The van der Waals surface area contributed by atoms with Crippen LogP contribution in [0.5, 0.6) is 0 Å². The highest BCUT2D eigenvalue weighted by molar-refractivity contribution is 8.00. The Morgan fingerprint density at radius 1 is 1.25 bits per heavy atom. The molecule has 1 heterocycles. The summed E-state index contributed by atoms with van der Waals surface area (Å²) < 4.78 is 5.48. The van der Waals surface area contributed by atoms with Gasteiger partial charge in [0.25, 0.3) is 0 Å². The number of hydrogen-bond acceptors (Lipinski definition) is 4. The number of carbonyl (C=O) groups excluding carboxylic acids is 1. The zero-order valence-corrected chi connectivity index (χ0v) is 16.6.